The first-order valence-corrected chi connectivity index (χ1v) is 11.2. The van der Waals surface area contributed by atoms with Crippen LogP contribution >= 0.6 is 0 Å². The molecule has 0 spiro atoms. The summed E-state index contributed by atoms with van der Waals surface area (Å²) in [4.78, 5) is 8.20. The van der Waals surface area contributed by atoms with Gasteiger partial charge >= 0.3 is 0 Å². The third kappa shape index (κ3) is 6.52. The average molecular weight is 394 g/mol. The van der Waals surface area contributed by atoms with Gasteiger partial charge in [0.25, 0.3) is 0 Å². The number of rotatable bonds is 13. The molecule has 1 N–H and O–H groups in total. The van der Waals surface area contributed by atoms with Gasteiger partial charge in [0, 0.05) is 24.2 Å². The fourth-order valence-corrected chi connectivity index (χ4v) is 3.75. The standard InChI is InChI=1S/C25H35N3O/c1-3-4-5-6-7-8-9-10-11-14-21-15-16-22(26-21)19-23-24(29-2)20-25(27-23)28-17-12-13-18-28/h12-13,15-20,27H,3-11,14H2,1-2H3. The van der Waals surface area contributed by atoms with E-state index in [4.69, 9.17) is 9.73 Å². The highest BCUT2D eigenvalue weighted by molar-refractivity contribution is 5.99. The minimum Gasteiger partial charge on any atom is -0.494 e. The third-order valence-electron chi connectivity index (χ3n) is 5.45. The van der Waals surface area contributed by atoms with E-state index < -0.39 is 0 Å². The number of H-pyrrole nitrogens is 1. The quantitative estimate of drug-likeness (QED) is 0.363. The van der Waals surface area contributed by atoms with Gasteiger partial charge in [-0.05, 0) is 43.2 Å². The van der Waals surface area contributed by atoms with Gasteiger partial charge in [0.15, 0.2) is 0 Å². The number of aromatic amines is 1. The molecule has 3 rings (SSSR count). The number of nitrogens with zero attached hydrogens (tertiary/aromatic N) is 2. The normalized spacial score (nSPS) is 14.7. The van der Waals surface area contributed by atoms with Crippen molar-refractivity contribution < 1.29 is 4.74 Å². The number of hydrogen-bond acceptors (Lipinski definition) is 2. The molecule has 0 aliphatic carbocycles. The van der Waals surface area contributed by atoms with Crippen molar-refractivity contribution in [1.29, 1.82) is 0 Å². The molecule has 0 saturated carbocycles. The monoisotopic (exact) mass is 393 g/mol. The highest BCUT2D eigenvalue weighted by atomic mass is 16.5. The molecule has 156 valence electrons. The molecule has 0 bridgehead atoms. The van der Waals surface area contributed by atoms with Gasteiger partial charge in [0.1, 0.15) is 11.6 Å². The number of methoxy groups -OCH3 is 1. The maximum Gasteiger partial charge on any atom is 0.146 e. The molecular formula is C25H35N3O. The zero-order valence-electron chi connectivity index (χ0n) is 18.0. The van der Waals surface area contributed by atoms with Gasteiger partial charge in [0.05, 0.1) is 18.5 Å². The first-order chi connectivity index (χ1) is 14.3. The van der Waals surface area contributed by atoms with E-state index in [2.05, 4.69) is 30.1 Å². The first-order valence-electron chi connectivity index (χ1n) is 11.2. The second-order valence-corrected chi connectivity index (χ2v) is 7.81. The molecule has 3 heterocycles. The average Bonchev–Trinajstić information content (AvgIpc) is 3.48. The molecule has 1 aliphatic rings. The molecular weight excluding hydrogens is 358 g/mol. The zero-order valence-corrected chi connectivity index (χ0v) is 18.0. The number of hydrogen-bond donors (Lipinski definition) is 1. The van der Waals surface area contributed by atoms with Gasteiger partial charge < -0.3 is 14.3 Å². The molecule has 0 atom stereocenters. The van der Waals surface area contributed by atoms with Gasteiger partial charge in [-0.2, -0.15) is 0 Å². The molecule has 0 amide bonds. The van der Waals surface area contributed by atoms with Crippen LogP contribution in [0, 0.1) is 0 Å². The van der Waals surface area contributed by atoms with E-state index in [-0.39, 0.29) is 0 Å². The van der Waals surface area contributed by atoms with Gasteiger partial charge in [0.2, 0.25) is 0 Å². The topological polar surface area (TPSA) is 42.3 Å². The maximum absolute atomic E-state index is 5.53. The Balaban J connectivity index is 1.45. The van der Waals surface area contributed by atoms with Crippen LogP contribution in [0.5, 0.6) is 5.75 Å². The zero-order chi connectivity index (χ0) is 20.3. The summed E-state index contributed by atoms with van der Waals surface area (Å²) in [6.07, 6.45) is 23.6. The molecule has 0 radical (unpaired) electrons. The second kappa shape index (κ2) is 11.5. The van der Waals surface area contributed by atoms with E-state index in [1.54, 1.807) is 7.11 Å². The Kier molecular flexibility index (Phi) is 8.41. The fourth-order valence-electron chi connectivity index (χ4n) is 3.75. The van der Waals surface area contributed by atoms with Crippen molar-refractivity contribution in [3.05, 3.63) is 54.1 Å². The highest BCUT2D eigenvalue weighted by Gasteiger charge is 2.10. The van der Waals surface area contributed by atoms with Crippen LogP contribution in [0.1, 0.15) is 76.8 Å². The number of allylic oxidation sites excluding steroid dienone is 2. The Morgan fingerprint density at radius 1 is 0.966 bits per heavy atom. The summed E-state index contributed by atoms with van der Waals surface area (Å²) in [5.74, 6) is 1.82. The summed E-state index contributed by atoms with van der Waals surface area (Å²) in [6.45, 7) is 2.27. The van der Waals surface area contributed by atoms with E-state index in [1.807, 2.05) is 35.2 Å². The largest absolute Gasteiger partial charge is 0.494 e. The lowest BCUT2D eigenvalue weighted by Gasteiger charge is -2.02. The number of ether oxygens (including phenoxy) is 1. The maximum atomic E-state index is 5.53. The summed E-state index contributed by atoms with van der Waals surface area (Å²) in [7, 11) is 1.70. The van der Waals surface area contributed by atoms with E-state index in [0.29, 0.717) is 0 Å². The number of unbranched alkanes of at least 4 members (excludes halogenated alkanes) is 8. The molecule has 4 nitrogen and oxygen atoms in total. The predicted molar refractivity (Wildman–Crippen MR) is 123 cm³/mol. The van der Waals surface area contributed by atoms with E-state index in [9.17, 15) is 0 Å². The van der Waals surface area contributed by atoms with E-state index in [1.165, 1.54) is 63.5 Å². The number of aromatic nitrogens is 2. The molecule has 0 fully saturated rings. The lowest BCUT2D eigenvalue weighted by molar-refractivity contribution is 0.414. The minimum absolute atomic E-state index is 0.831. The van der Waals surface area contributed by atoms with Crippen LogP contribution in [0.4, 0.5) is 0 Å². The van der Waals surface area contributed by atoms with Crippen molar-refractivity contribution in [2.75, 3.05) is 7.11 Å². The smallest absolute Gasteiger partial charge is 0.146 e. The second-order valence-electron chi connectivity index (χ2n) is 7.81. The molecule has 2 aromatic rings. The number of nitrogens with one attached hydrogen (secondary N) is 1. The van der Waals surface area contributed by atoms with Crippen LogP contribution < -0.4 is 4.74 Å². The van der Waals surface area contributed by atoms with Gasteiger partial charge in [-0.25, -0.2) is 0 Å². The van der Waals surface area contributed by atoms with Crippen molar-refractivity contribution in [1.82, 2.24) is 9.55 Å². The first kappa shape index (κ1) is 21.2. The van der Waals surface area contributed by atoms with Crippen LogP contribution in [-0.4, -0.2) is 22.4 Å². The van der Waals surface area contributed by atoms with Gasteiger partial charge in [-0.15, -0.1) is 0 Å². The van der Waals surface area contributed by atoms with Crippen LogP contribution in [0.15, 0.2) is 53.4 Å². The lowest BCUT2D eigenvalue weighted by Crippen LogP contribution is -1.91. The van der Waals surface area contributed by atoms with Crippen molar-refractivity contribution in [3.8, 4) is 11.6 Å². The van der Waals surface area contributed by atoms with Crippen molar-refractivity contribution in [2.24, 2.45) is 4.99 Å². The van der Waals surface area contributed by atoms with E-state index in [0.717, 1.165) is 29.4 Å². The summed E-state index contributed by atoms with van der Waals surface area (Å²) in [5, 5.41) is 0. The molecule has 0 aromatic carbocycles. The molecule has 1 aliphatic heterocycles. The van der Waals surface area contributed by atoms with Crippen LogP contribution in [0.25, 0.3) is 11.9 Å². The van der Waals surface area contributed by atoms with E-state index >= 15 is 0 Å². The molecule has 0 saturated heterocycles. The Labute approximate surface area is 175 Å². The molecule has 0 unspecified atom stereocenters. The predicted octanol–water partition coefficient (Wildman–Crippen LogP) is 7.09. The Bertz CT molecular complexity index is 824. The van der Waals surface area contributed by atoms with Gasteiger partial charge in [-0.1, -0.05) is 58.3 Å². The van der Waals surface area contributed by atoms with Crippen LogP contribution in [0.3, 0.4) is 0 Å². The Morgan fingerprint density at radius 3 is 2.34 bits per heavy atom. The van der Waals surface area contributed by atoms with Gasteiger partial charge in [-0.3, -0.25) is 4.99 Å². The third-order valence-corrected chi connectivity index (χ3v) is 5.45. The lowest BCUT2D eigenvalue weighted by atomic mass is 10.1. The SMILES string of the molecule is CCCCCCCCCCCC1=NC(=Cc2[nH]c(-n3cccc3)cc2OC)C=C1. The minimum atomic E-state index is 0.831. The molecule has 2 aromatic heterocycles. The van der Waals surface area contributed by atoms with Crippen LogP contribution in [0.2, 0.25) is 0 Å². The van der Waals surface area contributed by atoms with Crippen molar-refractivity contribution in [2.45, 2.75) is 71.1 Å². The summed E-state index contributed by atoms with van der Waals surface area (Å²) in [6, 6.07) is 6.03. The Hall–Kier alpha value is -2.49. The number of aliphatic imine (C=N–C) groups is 1. The summed E-state index contributed by atoms with van der Waals surface area (Å²) < 4.78 is 7.57. The molecule has 29 heavy (non-hydrogen) atoms. The van der Waals surface area contributed by atoms with Crippen molar-refractivity contribution >= 4 is 11.8 Å². The Morgan fingerprint density at radius 2 is 1.66 bits per heavy atom. The summed E-state index contributed by atoms with van der Waals surface area (Å²) in [5.41, 5.74) is 3.12. The fraction of sp³-hybridized carbons (Fsp3) is 0.480. The van der Waals surface area contributed by atoms with Crippen LogP contribution in [-0.2, 0) is 0 Å². The summed E-state index contributed by atoms with van der Waals surface area (Å²) >= 11 is 0. The highest BCUT2D eigenvalue weighted by Crippen LogP contribution is 2.26. The molecule has 4 heteroatoms. The van der Waals surface area contributed by atoms with Crippen molar-refractivity contribution in [3.63, 3.8) is 0 Å².